The van der Waals surface area contributed by atoms with Crippen molar-refractivity contribution in [1.29, 1.82) is 0 Å². The van der Waals surface area contributed by atoms with Gasteiger partial charge in [0.1, 0.15) is 11.5 Å². The molecule has 9 nitrogen and oxygen atoms in total. The van der Waals surface area contributed by atoms with Crippen molar-refractivity contribution < 1.29 is 4.74 Å². The third-order valence-corrected chi connectivity index (χ3v) is 7.60. The van der Waals surface area contributed by atoms with Crippen LogP contribution in [-0.2, 0) is 4.74 Å². The number of nitrogens with zero attached hydrogens (tertiary/aromatic N) is 7. The molecule has 1 saturated heterocycles. The number of imidazole rings is 1. The molecule has 38 heavy (non-hydrogen) atoms. The van der Waals surface area contributed by atoms with Gasteiger partial charge in [-0.1, -0.05) is 42.5 Å². The number of methoxy groups -OCH3 is 1. The van der Waals surface area contributed by atoms with Crippen molar-refractivity contribution in [2.75, 3.05) is 38.7 Å². The molecule has 1 aliphatic rings. The molecule has 6 rings (SSSR count). The van der Waals surface area contributed by atoms with E-state index in [-0.39, 0.29) is 6.04 Å². The maximum absolute atomic E-state index is 5.26. The Hall–Kier alpha value is -3.82. The number of hydrogen-bond donors (Lipinski definition) is 1. The van der Waals surface area contributed by atoms with Gasteiger partial charge in [-0.15, -0.1) is 10.2 Å². The summed E-state index contributed by atoms with van der Waals surface area (Å²) in [6.07, 6.45) is 4.09. The zero-order chi connectivity index (χ0) is 26.1. The Morgan fingerprint density at radius 3 is 2.55 bits per heavy atom. The number of piperidine rings is 1. The Labute approximate surface area is 222 Å². The van der Waals surface area contributed by atoms with E-state index in [1.807, 2.05) is 29.7 Å². The number of aromatic nitrogens is 6. The Morgan fingerprint density at radius 2 is 1.76 bits per heavy atom. The van der Waals surface area contributed by atoms with E-state index in [2.05, 4.69) is 74.4 Å². The lowest BCUT2D eigenvalue weighted by atomic mass is 10.1. The summed E-state index contributed by atoms with van der Waals surface area (Å²) in [5.74, 6) is 2.40. The largest absolute Gasteiger partial charge is 0.383 e. The molecule has 0 bridgehead atoms. The van der Waals surface area contributed by atoms with Gasteiger partial charge in [0.25, 0.3) is 0 Å². The van der Waals surface area contributed by atoms with Gasteiger partial charge in [-0.05, 0) is 44.4 Å². The van der Waals surface area contributed by atoms with Crippen LogP contribution in [0.5, 0.6) is 0 Å². The van der Waals surface area contributed by atoms with Crippen molar-refractivity contribution in [2.24, 2.45) is 0 Å². The summed E-state index contributed by atoms with van der Waals surface area (Å²) >= 11 is 0. The fraction of sp³-hybridized carbons (Fsp3) is 0.379. The van der Waals surface area contributed by atoms with Gasteiger partial charge < -0.3 is 19.5 Å². The number of likely N-dealkylation sites (tertiary alicyclic amines) is 1. The summed E-state index contributed by atoms with van der Waals surface area (Å²) in [6.45, 7) is 7.99. The number of fused-ring (bicyclic) bond motifs is 2. The van der Waals surface area contributed by atoms with Crippen LogP contribution in [0.1, 0.15) is 37.2 Å². The highest BCUT2D eigenvalue weighted by molar-refractivity contribution is 5.81. The SMILES string of the molecule is COCCN1CCC(Nc2nc(-c3nc4ccccc4n3[C@H](C)c3ccccc3)cn3c(C)nnc23)CC1. The molecule has 0 aliphatic carbocycles. The fourth-order valence-electron chi connectivity index (χ4n) is 5.42. The summed E-state index contributed by atoms with van der Waals surface area (Å²) in [4.78, 5) is 12.7. The van der Waals surface area contributed by atoms with Gasteiger partial charge in [-0.3, -0.25) is 4.40 Å². The van der Waals surface area contributed by atoms with E-state index in [0.717, 1.165) is 78.9 Å². The molecule has 1 aliphatic heterocycles. The Kier molecular flexibility index (Phi) is 6.78. The van der Waals surface area contributed by atoms with E-state index in [1.54, 1.807) is 7.11 Å². The number of anilines is 1. The molecule has 1 atom stereocenters. The molecule has 2 aromatic carbocycles. The zero-order valence-electron chi connectivity index (χ0n) is 22.2. The average molecular weight is 511 g/mol. The summed E-state index contributed by atoms with van der Waals surface area (Å²) in [5, 5.41) is 12.5. The maximum atomic E-state index is 5.26. The van der Waals surface area contributed by atoms with Gasteiger partial charge in [-0.2, -0.15) is 0 Å². The summed E-state index contributed by atoms with van der Waals surface area (Å²) < 4.78 is 9.57. The first-order chi connectivity index (χ1) is 18.6. The smallest absolute Gasteiger partial charge is 0.203 e. The fourth-order valence-corrected chi connectivity index (χ4v) is 5.42. The minimum atomic E-state index is 0.0749. The van der Waals surface area contributed by atoms with E-state index in [9.17, 15) is 0 Å². The van der Waals surface area contributed by atoms with Crippen molar-refractivity contribution in [3.05, 3.63) is 72.2 Å². The first-order valence-electron chi connectivity index (χ1n) is 13.3. The van der Waals surface area contributed by atoms with Crippen molar-refractivity contribution in [2.45, 2.75) is 38.8 Å². The van der Waals surface area contributed by atoms with E-state index >= 15 is 0 Å². The van der Waals surface area contributed by atoms with Crippen LogP contribution in [0.15, 0.2) is 60.8 Å². The standard InChI is InChI=1S/C29H34N8O/c1-20(22-9-5-4-6-10-22)37-26-12-8-7-11-24(26)32-28(37)25-19-36-21(2)33-34-29(36)27(31-25)30-23-13-15-35(16-14-23)17-18-38-3/h4-12,19-20,23H,13-18H2,1-3H3,(H,30,31)/t20-/m1/s1. The summed E-state index contributed by atoms with van der Waals surface area (Å²) in [5.41, 5.74) is 4.79. The second kappa shape index (κ2) is 10.5. The van der Waals surface area contributed by atoms with Crippen molar-refractivity contribution in [3.8, 4) is 11.5 Å². The first-order valence-corrected chi connectivity index (χ1v) is 13.3. The number of rotatable bonds is 8. The molecule has 0 radical (unpaired) electrons. The molecule has 1 fully saturated rings. The number of nitrogens with one attached hydrogen (secondary N) is 1. The molecular formula is C29H34N8O. The lowest BCUT2D eigenvalue weighted by Gasteiger charge is -2.32. The molecule has 4 heterocycles. The van der Waals surface area contributed by atoms with Gasteiger partial charge in [0.2, 0.25) is 5.65 Å². The minimum Gasteiger partial charge on any atom is -0.383 e. The number of ether oxygens (including phenoxy) is 1. The van der Waals surface area contributed by atoms with Crippen LogP contribution in [0.25, 0.3) is 28.2 Å². The third kappa shape index (κ3) is 4.63. The van der Waals surface area contributed by atoms with Crippen LogP contribution in [0.4, 0.5) is 5.82 Å². The second-order valence-corrected chi connectivity index (χ2v) is 10.0. The first kappa shape index (κ1) is 24.5. The minimum absolute atomic E-state index is 0.0749. The normalized spacial score (nSPS) is 15.9. The molecule has 1 N–H and O–H groups in total. The molecule has 9 heteroatoms. The van der Waals surface area contributed by atoms with Gasteiger partial charge in [-0.25, -0.2) is 9.97 Å². The molecule has 0 spiro atoms. The number of aryl methyl sites for hydroxylation is 1. The molecule has 0 unspecified atom stereocenters. The monoisotopic (exact) mass is 510 g/mol. The van der Waals surface area contributed by atoms with Gasteiger partial charge in [0.15, 0.2) is 11.6 Å². The quantitative estimate of drug-likeness (QED) is 0.327. The van der Waals surface area contributed by atoms with E-state index in [0.29, 0.717) is 6.04 Å². The van der Waals surface area contributed by atoms with Crippen molar-refractivity contribution >= 4 is 22.5 Å². The predicted octanol–water partition coefficient (Wildman–Crippen LogP) is 4.58. The Bertz CT molecular complexity index is 1530. The van der Waals surface area contributed by atoms with Gasteiger partial charge >= 0.3 is 0 Å². The van der Waals surface area contributed by atoms with Crippen LogP contribution < -0.4 is 5.32 Å². The molecular weight excluding hydrogens is 476 g/mol. The second-order valence-electron chi connectivity index (χ2n) is 10.0. The lowest BCUT2D eigenvalue weighted by Crippen LogP contribution is -2.40. The van der Waals surface area contributed by atoms with Gasteiger partial charge in [0, 0.05) is 39.0 Å². The average Bonchev–Trinajstić information content (AvgIpc) is 3.53. The van der Waals surface area contributed by atoms with E-state index in [1.165, 1.54) is 5.56 Å². The van der Waals surface area contributed by atoms with Crippen molar-refractivity contribution in [1.82, 2.24) is 34.0 Å². The molecule has 3 aromatic heterocycles. The highest BCUT2D eigenvalue weighted by atomic mass is 16.5. The Balaban J connectivity index is 1.40. The van der Waals surface area contributed by atoms with Crippen LogP contribution >= 0.6 is 0 Å². The molecule has 0 amide bonds. The van der Waals surface area contributed by atoms with E-state index < -0.39 is 0 Å². The third-order valence-electron chi connectivity index (χ3n) is 7.60. The topological polar surface area (TPSA) is 85.4 Å². The summed E-state index contributed by atoms with van der Waals surface area (Å²) in [7, 11) is 1.76. The highest BCUT2D eigenvalue weighted by Crippen LogP contribution is 2.32. The number of hydrogen-bond acceptors (Lipinski definition) is 7. The zero-order valence-corrected chi connectivity index (χ0v) is 22.2. The Morgan fingerprint density at radius 1 is 1.00 bits per heavy atom. The number of benzene rings is 2. The predicted molar refractivity (Wildman–Crippen MR) is 149 cm³/mol. The van der Waals surface area contributed by atoms with Crippen LogP contribution in [-0.4, -0.2) is 73.4 Å². The van der Waals surface area contributed by atoms with Gasteiger partial charge in [0.05, 0.1) is 23.7 Å². The van der Waals surface area contributed by atoms with Crippen LogP contribution in [0, 0.1) is 6.92 Å². The molecule has 5 aromatic rings. The summed E-state index contributed by atoms with van der Waals surface area (Å²) in [6, 6.07) is 19.2. The maximum Gasteiger partial charge on any atom is 0.203 e. The molecule has 0 saturated carbocycles. The van der Waals surface area contributed by atoms with Crippen LogP contribution in [0.2, 0.25) is 0 Å². The number of para-hydroxylation sites is 2. The molecule has 196 valence electrons. The van der Waals surface area contributed by atoms with Crippen LogP contribution in [0.3, 0.4) is 0 Å². The highest BCUT2D eigenvalue weighted by Gasteiger charge is 2.24. The lowest BCUT2D eigenvalue weighted by molar-refractivity contribution is 0.132. The van der Waals surface area contributed by atoms with E-state index in [4.69, 9.17) is 14.7 Å². The van der Waals surface area contributed by atoms with Crippen molar-refractivity contribution in [3.63, 3.8) is 0 Å².